The molecule has 2 aromatic carbocycles. The number of fused-ring (bicyclic) bond motifs is 1. The fourth-order valence-corrected chi connectivity index (χ4v) is 2.80. The molecule has 1 heterocycles. The Morgan fingerprint density at radius 2 is 2.05 bits per heavy atom. The summed E-state index contributed by atoms with van der Waals surface area (Å²) in [6.45, 7) is 1.08. The molecular formula is C17H16ClFO2. The number of rotatable bonds is 4. The molecule has 0 aromatic heterocycles. The van der Waals surface area contributed by atoms with Crippen LogP contribution in [0.1, 0.15) is 23.5 Å². The monoisotopic (exact) mass is 306 g/mol. The summed E-state index contributed by atoms with van der Waals surface area (Å²) in [7, 11) is 0. The van der Waals surface area contributed by atoms with Crippen molar-refractivity contribution in [1.82, 2.24) is 0 Å². The fourth-order valence-electron chi connectivity index (χ4n) is 2.59. The Bertz CT molecular complexity index is 630. The average molecular weight is 307 g/mol. The third-order valence-electron chi connectivity index (χ3n) is 3.70. The Morgan fingerprint density at radius 3 is 2.90 bits per heavy atom. The van der Waals surface area contributed by atoms with Crippen molar-refractivity contribution in [2.24, 2.45) is 0 Å². The molecule has 0 spiro atoms. The van der Waals surface area contributed by atoms with E-state index in [0.717, 1.165) is 17.7 Å². The van der Waals surface area contributed by atoms with Crippen LogP contribution in [0.25, 0.3) is 0 Å². The van der Waals surface area contributed by atoms with Crippen LogP contribution in [0, 0.1) is 5.82 Å². The number of alkyl halides is 1. The Balaban J connectivity index is 1.78. The van der Waals surface area contributed by atoms with E-state index in [1.165, 1.54) is 6.07 Å². The maximum Gasteiger partial charge on any atom is 0.165 e. The fraction of sp³-hybridized carbons (Fsp3) is 0.294. The van der Waals surface area contributed by atoms with Crippen molar-refractivity contribution in [3.05, 3.63) is 59.4 Å². The van der Waals surface area contributed by atoms with Crippen LogP contribution < -0.4 is 9.47 Å². The SMILES string of the molecule is Fc1cccc(CCl)c1OCC1CCOc2ccccc21. The number of hydrogen-bond donors (Lipinski definition) is 0. The van der Waals surface area contributed by atoms with Gasteiger partial charge in [-0.05, 0) is 18.6 Å². The molecule has 0 amide bonds. The van der Waals surface area contributed by atoms with Gasteiger partial charge in [0.2, 0.25) is 0 Å². The van der Waals surface area contributed by atoms with Crippen LogP contribution in [-0.2, 0) is 5.88 Å². The summed E-state index contributed by atoms with van der Waals surface area (Å²) in [5, 5.41) is 0. The van der Waals surface area contributed by atoms with Gasteiger partial charge in [-0.25, -0.2) is 4.39 Å². The molecule has 0 aliphatic carbocycles. The highest BCUT2D eigenvalue weighted by Crippen LogP contribution is 2.34. The van der Waals surface area contributed by atoms with Gasteiger partial charge in [-0.15, -0.1) is 11.6 Å². The van der Waals surface area contributed by atoms with Gasteiger partial charge < -0.3 is 9.47 Å². The van der Waals surface area contributed by atoms with Gasteiger partial charge in [0, 0.05) is 17.0 Å². The average Bonchev–Trinajstić information content (AvgIpc) is 2.53. The van der Waals surface area contributed by atoms with Crippen molar-refractivity contribution in [2.45, 2.75) is 18.2 Å². The van der Waals surface area contributed by atoms with Crippen molar-refractivity contribution in [3.63, 3.8) is 0 Å². The summed E-state index contributed by atoms with van der Waals surface area (Å²) >= 11 is 5.84. The minimum Gasteiger partial charge on any atom is -0.493 e. The molecule has 0 fully saturated rings. The molecule has 2 aromatic rings. The van der Waals surface area contributed by atoms with Crippen LogP contribution in [0.2, 0.25) is 0 Å². The smallest absolute Gasteiger partial charge is 0.165 e. The molecule has 0 bridgehead atoms. The van der Waals surface area contributed by atoms with E-state index in [9.17, 15) is 4.39 Å². The maximum absolute atomic E-state index is 13.9. The topological polar surface area (TPSA) is 18.5 Å². The molecule has 1 aliphatic rings. The normalized spacial score (nSPS) is 17.0. The third-order valence-corrected chi connectivity index (χ3v) is 3.99. The summed E-state index contributed by atoms with van der Waals surface area (Å²) in [6, 6.07) is 12.7. The first-order valence-corrected chi connectivity index (χ1v) is 7.51. The van der Waals surface area contributed by atoms with E-state index in [4.69, 9.17) is 21.1 Å². The van der Waals surface area contributed by atoms with E-state index >= 15 is 0 Å². The summed E-state index contributed by atoms with van der Waals surface area (Å²) in [6.07, 6.45) is 0.863. The van der Waals surface area contributed by atoms with Gasteiger partial charge >= 0.3 is 0 Å². The summed E-state index contributed by atoms with van der Waals surface area (Å²) < 4.78 is 25.2. The van der Waals surface area contributed by atoms with Crippen LogP contribution in [0.15, 0.2) is 42.5 Å². The van der Waals surface area contributed by atoms with Gasteiger partial charge in [-0.3, -0.25) is 0 Å². The molecule has 1 aliphatic heterocycles. The first kappa shape index (κ1) is 14.2. The van der Waals surface area contributed by atoms with Gasteiger partial charge in [0.25, 0.3) is 0 Å². The van der Waals surface area contributed by atoms with Gasteiger partial charge in [-0.1, -0.05) is 30.3 Å². The number of para-hydroxylation sites is 2. The molecule has 21 heavy (non-hydrogen) atoms. The lowest BCUT2D eigenvalue weighted by Crippen LogP contribution is -2.20. The molecule has 0 saturated carbocycles. The highest BCUT2D eigenvalue weighted by molar-refractivity contribution is 6.17. The van der Waals surface area contributed by atoms with Crippen LogP contribution in [0.5, 0.6) is 11.5 Å². The van der Waals surface area contributed by atoms with Crippen molar-refractivity contribution in [3.8, 4) is 11.5 Å². The van der Waals surface area contributed by atoms with E-state index in [2.05, 4.69) is 0 Å². The lowest BCUT2D eigenvalue weighted by atomic mass is 9.94. The first-order chi connectivity index (χ1) is 10.3. The molecule has 2 nitrogen and oxygen atoms in total. The molecule has 0 N–H and O–H groups in total. The third kappa shape index (κ3) is 2.98. The van der Waals surface area contributed by atoms with Crippen LogP contribution in [0.3, 0.4) is 0 Å². The Morgan fingerprint density at radius 1 is 1.19 bits per heavy atom. The lowest BCUT2D eigenvalue weighted by molar-refractivity contribution is 0.212. The highest BCUT2D eigenvalue weighted by Gasteiger charge is 2.22. The Labute approximate surface area is 128 Å². The maximum atomic E-state index is 13.9. The van der Waals surface area contributed by atoms with E-state index in [0.29, 0.717) is 18.8 Å². The van der Waals surface area contributed by atoms with E-state index in [1.807, 2.05) is 24.3 Å². The van der Waals surface area contributed by atoms with Crippen molar-refractivity contribution in [2.75, 3.05) is 13.2 Å². The molecule has 0 saturated heterocycles. The molecule has 1 atom stereocenters. The molecule has 0 radical (unpaired) electrons. The minimum absolute atomic E-state index is 0.206. The number of hydrogen-bond acceptors (Lipinski definition) is 2. The van der Waals surface area contributed by atoms with Crippen molar-refractivity contribution >= 4 is 11.6 Å². The quantitative estimate of drug-likeness (QED) is 0.774. The second-order valence-electron chi connectivity index (χ2n) is 5.04. The lowest BCUT2D eigenvalue weighted by Gasteiger charge is -2.26. The summed E-state index contributed by atoms with van der Waals surface area (Å²) in [5.74, 6) is 1.23. The molecular weight excluding hydrogens is 291 g/mol. The Hall–Kier alpha value is -1.74. The van der Waals surface area contributed by atoms with Gasteiger partial charge in [0.15, 0.2) is 11.6 Å². The van der Waals surface area contributed by atoms with Gasteiger partial charge in [0.1, 0.15) is 5.75 Å². The highest BCUT2D eigenvalue weighted by atomic mass is 35.5. The van der Waals surface area contributed by atoms with E-state index < -0.39 is 0 Å². The predicted molar refractivity (Wildman–Crippen MR) is 80.7 cm³/mol. The second kappa shape index (κ2) is 6.35. The van der Waals surface area contributed by atoms with Crippen LogP contribution >= 0.6 is 11.6 Å². The molecule has 1 unspecified atom stereocenters. The van der Waals surface area contributed by atoms with E-state index in [-0.39, 0.29) is 23.4 Å². The zero-order valence-corrected chi connectivity index (χ0v) is 12.3. The number of halogens is 2. The van der Waals surface area contributed by atoms with Crippen molar-refractivity contribution in [1.29, 1.82) is 0 Å². The zero-order chi connectivity index (χ0) is 14.7. The second-order valence-corrected chi connectivity index (χ2v) is 5.31. The minimum atomic E-state index is -0.367. The van der Waals surface area contributed by atoms with Crippen LogP contribution in [-0.4, -0.2) is 13.2 Å². The zero-order valence-electron chi connectivity index (χ0n) is 11.5. The number of ether oxygens (including phenoxy) is 2. The standard InChI is InChI=1S/C17H16ClFO2/c18-10-12-4-3-6-15(19)17(12)21-11-13-8-9-20-16-7-2-1-5-14(13)16/h1-7,13H,8-11H2. The largest absolute Gasteiger partial charge is 0.493 e. The van der Waals surface area contributed by atoms with Crippen LogP contribution in [0.4, 0.5) is 4.39 Å². The Kier molecular flexibility index (Phi) is 4.30. The van der Waals surface area contributed by atoms with Gasteiger partial charge in [0.05, 0.1) is 19.1 Å². The van der Waals surface area contributed by atoms with Gasteiger partial charge in [-0.2, -0.15) is 0 Å². The van der Waals surface area contributed by atoms with Crippen molar-refractivity contribution < 1.29 is 13.9 Å². The predicted octanol–water partition coefficient (Wildman–Crippen LogP) is 4.51. The van der Waals surface area contributed by atoms with E-state index in [1.54, 1.807) is 12.1 Å². The molecule has 110 valence electrons. The number of benzene rings is 2. The molecule has 3 rings (SSSR count). The summed E-state index contributed by atoms with van der Waals surface area (Å²) in [5.41, 5.74) is 1.80. The first-order valence-electron chi connectivity index (χ1n) is 6.97. The molecule has 4 heteroatoms. The summed E-state index contributed by atoms with van der Waals surface area (Å²) in [4.78, 5) is 0.